The molecular formula is C12H16N2O5. The Labute approximate surface area is 110 Å². The first-order valence-electron chi connectivity index (χ1n) is 5.78. The Morgan fingerprint density at radius 1 is 1.47 bits per heavy atom. The molecule has 0 atom stereocenters. The van der Waals surface area contributed by atoms with Gasteiger partial charge in [0.15, 0.2) is 0 Å². The molecule has 19 heavy (non-hydrogen) atoms. The number of nitro benzene ring substituents is 1. The van der Waals surface area contributed by atoms with E-state index in [1.165, 1.54) is 18.2 Å². The van der Waals surface area contributed by atoms with E-state index in [2.05, 4.69) is 5.32 Å². The predicted molar refractivity (Wildman–Crippen MR) is 69.4 cm³/mol. The summed E-state index contributed by atoms with van der Waals surface area (Å²) in [6.07, 6.45) is 0. The third kappa shape index (κ3) is 4.22. The minimum absolute atomic E-state index is 0.146. The van der Waals surface area contributed by atoms with Crippen molar-refractivity contribution in [2.75, 3.05) is 32.2 Å². The monoisotopic (exact) mass is 268 g/mol. The number of methoxy groups -OCH3 is 1. The molecule has 0 spiro atoms. The maximum Gasteiger partial charge on any atom is 0.340 e. The summed E-state index contributed by atoms with van der Waals surface area (Å²) in [5, 5.41) is 13.7. The molecule has 0 aliphatic heterocycles. The summed E-state index contributed by atoms with van der Waals surface area (Å²) in [5.41, 5.74) is 0.480. The summed E-state index contributed by atoms with van der Waals surface area (Å²) in [7, 11) is 1.56. The molecule has 1 rings (SSSR count). The molecule has 0 saturated carbocycles. The van der Waals surface area contributed by atoms with Crippen molar-refractivity contribution < 1.29 is 19.2 Å². The number of ether oxygens (including phenoxy) is 2. The highest BCUT2D eigenvalue weighted by Crippen LogP contribution is 2.22. The quantitative estimate of drug-likeness (QED) is 0.351. The first kappa shape index (κ1) is 14.9. The fraction of sp³-hybridized carbons (Fsp3) is 0.417. The first-order valence-corrected chi connectivity index (χ1v) is 5.78. The van der Waals surface area contributed by atoms with Crippen LogP contribution in [-0.4, -0.2) is 37.8 Å². The Balaban J connectivity index is 3.00. The van der Waals surface area contributed by atoms with E-state index in [9.17, 15) is 14.9 Å². The van der Waals surface area contributed by atoms with Crippen molar-refractivity contribution in [2.45, 2.75) is 6.92 Å². The van der Waals surface area contributed by atoms with Crippen LogP contribution in [0, 0.1) is 10.1 Å². The number of hydrogen-bond acceptors (Lipinski definition) is 6. The number of anilines is 1. The average molecular weight is 268 g/mol. The molecule has 0 radical (unpaired) electrons. The van der Waals surface area contributed by atoms with Crippen LogP contribution in [0.1, 0.15) is 17.3 Å². The Kier molecular flexibility index (Phi) is 5.74. The van der Waals surface area contributed by atoms with E-state index in [0.717, 1.165) is 0 Å². The largest absolute Gasteiger partial charge is 0.462 e. The Hall–Kier alpha value is -2.15. The number of hydrogen-bond donors (Lipinski definition) is 1. The van der Waals surface area contributed by atoms with Crippen LogP contribution in [0.2, 0.25) is 0 Å². The van der Waals surface area contributed by atoms with E-state index >= 15 is 0 Å². The maximum atomic E-state index is 11.8. The van der Waals surface area contributed by atoms with Gasteiger partial charge >= 0.3 is 5.97 Å². The topological polar surface area (TPSA) is 90.7 Å². The van der Waals surface area contributed by atoms with Crippen molar-refractivity contribution >= 4 is 17.3 Å². The molecule has 0 unspecified atom stereocenters. The molecule has 7 nitrogen and oxygen atoms in total. The summed E-state index contributed by atoms with van der Waals surface area (Å²) < 4.78 is 9.76. The van der Waals surface area contributed by atoms with Gasteiger partial charge < -0.3 is 14.8 Å². The number of nitro groups is 1. The lowest BCUT2D eigenvalue weighted by atomic mass is 10.1. The number of rotatable bonds is 7. The van der Waals surface area contributed by atoms with Crippen LogP contribution in [0.15, 0.2) is 18.2 Å². The average Bonchev–Trinajstić information content (AvgIpc) is 2.39. The van der Waals surface area contributed by atoms with Crippen LogP contribution in [0.4, 0.5) is 11.4 Å². The lowest BCUT2D eigenvalue weighted by molar-refractivity contribution is -0.384. The molecular weight excluding hydrogens is 252 g/mol. The van der Waals surface area contributed by atoms with Crippen LogP contribution in [0.25, 0.3) is 0 Å². The van der Waals surface area contributed by atoms with Crippen molar-refractivity contribution in [3.05, 3.63) is 33.9 Å². The number of nitrogens with zero attached hydrogens (tertiary/aromatic N) is 1. The number of nitrogens with one attached hydrogen (secondary N) is 1. The van der Waals surface area contributed by atoms with E-state index in [0.29, 0.717) is 18.8 Å². The van der Waals surface area contributed by atoms with Crippen molar-refractivity contribution in [3.8, 4) is 0 Å². The van der Waals surface area contributed by atoms with Crippen molar-refractivity contribution in [2.24, 2.45) is 0 Å². The number of carbonyl (C=O) groups is 1. The van der Waals surface area contributed by atoms with Crippen molar-refractivity contribution in [1.82, 2.24) is 0 Å². The second-order valence-corrected chi connectivity index (χ2v) is 3.63. The molecule has 0 bridgehead atoms. The molecule has 0 aromatic heterocycles. The van der Waals surface area contributed by atoms with Gasteiger partial charge in [-0.2, -0.15) is 0 Å². The van der Waals surface area contributed by atoms with Gasteiger partial charge in [0, 0.05) is 31.5 Å². The van der Waals surface area contributed by atoms with Crippen LogP contribution >= 0.6 is 0 Å². The lowest BCUT2D eigenvalue weighted by Crippen LogP contribution is -2.13. The van der Waals surface area contributed by atoms with Crippen LogP contribution in [-0.2, 0) is 9.47 Å². The minimum atomic E-state index is -0.592. The van der Waals surface area contributed by atoms with E-state index in [1.54, 1.807) is 14.0 Å². The predicted octanol–water partition coefficient (Wildman–Crippen LogP) is 1.83. The smallest absolute Gasteiger partial charge is 0.340 e. The van der Waals surface area contributed by atoms with Crippen LogP contribution in [0.5, 0.6) is 0 Å². The second kappa shape index (κ2) is 7.32. The Morgan fingerprint density at radius 3 is 2.79 bits per heavy atom. The SMILES string of the molecule is CCOC(=O)c1cc([N+](=O)[O-])ccc1NCCOC. The fourth-order valence-electron chi connectivity index (χ4n) is 1.47. The molecule has 1 N–H and O–H groups in total. The summed E-state index contributed by atoms with van der Waals surface area (Å²) in [5.74, 6) is -0.592. The van der Waals surface area contributed by atoms with Crippen LogP contribution < -0.4 is 5.32 Å². The third-order valence-corrected chi connectivity index (χ3v) is 2.33. The van der Waals surface area contributed by atoms with Crippen LogP contribution in [0.3, 0.4) is 0 Å². The molecule has 0 fully saturated rings. The first-order chi connectivity index (χ1) is 9.10. The van der Waals surface area contributed by atoms with E-state index < -0.39 is 10.9 Å². The molecule has 1 aromatic carbocycles. The highest BCUT2D eigenvalue weighted by atomic mass is 16.6. The normalized spacial score (nSPS) is 10.0. The molecule has 0 saturated heterocycles. The zero-order chi connectivity index (χ0) is 14.3. The zero-order valence-corrected chi connectivity index (χ0v) is 10.8. The van der Waals surface area contributed by atoms with Crippen molar-refractivity contribution in [1.29, 1.82) is 0 Å². The standard InChI is InChI=1S/C12H16N2O5/c1-3-19-12(15)10-8-9(14(16)17)4-5-11(10)13-6-7-18-2/h4-5,8,13H,3,6-7H2,1-2H3. The molecule has 0 aliphatic rings. The molecule has 7 heteroatoms. The highest BCUT2D eigenvalue weighted by Gasteiger charge is 2.17. The maximum absolute atomic E-state index is 11.8. The third-order valence-electron chi connectivity index (χ3n) is 2.33. The van der Waals surface area contributed by atoms with Gasteiger partial charge in [-0.25, -0.2) is 4.79 Å². The van der Waals surface area contributed by atoms with Gasteiger partial charge in [-0.1, -0.05) is 0 Å². The van der Waals surface area contributed by atoms with E-state index in [-0.39, 0.29) is 17.9 Å². The van der Waals surface area contributed by atoms with Crippen molar-refractivity contribution in [3.63, 3.8) is 0 Å². The van der Waals surface area contributed by atoms with Gasteiger partial charge in [0.1, 0.15) is 0 Å². The highest BCUT2D eigenvalue weighted by molar-refractivity contribution is 5.96. The molecule has 104 valence electrons. The number of benzene rings is 1. The Bertz CT molecular complexity index is 461. The van der Waals surface area contributed by atoms with E-state index in [1.807, 2.05) is 0 Å². The van der Waals surface area contributed by atoms with Gasteiger partial charge in [-0.15, -0.1) is 0 Å². The lowest BCUT2D eigenvalue weighted by Gasteiger charge is -2.10. The van der Waals surface area contributed by atoms with Gasteiger partial charge in [0.05, 0.1) is 23.7 Å². The van der Waals surface area contributed by atoms with Gasteiger partial charge in [0.2, 0.25) is 0 Å². The molecule has 0 heterocycles. The summed E-state index contributed by atoms with van der Waals surface area (Å²) in [6, 6.07) is 4.02. The van der Waals surface area contributed by atoms with Gasteiger partial charge in [-0.05, 0) is 13.0 Å². The Morgan fingerprint density at radius 2 is 2.21 bits per heavy atom. The van der Waals surface area contributed by atoms with E-state index in [4.69, 9.17) is 9.47 Å². The fourth-order valence-corrected chi connectivity index (χ4v) is 1.47. The summed E-state index contributed by atoms with van der Waals surface area (Å²) >= 11 is 0. The zero-order valence-electron chi connectivity index (χ0n) is 10.8. The van der Waals surface area contributed by atoms with Gasteiger partial charge in [-0.3, -0.25) is 10.1 Å². The summed E-state index contributed by atoms with van der Waals surface area (Å²) in [6.45, 7) is 2.83. The molecule has 0 aliphatic carbocycles. The minimum Gasteiger partial charge on any atom is -0.462 e. The summed E-state index contributed by atoms with van der Waals surface area (Å²) in [4.78, 5) is 21.9. The number of non-ortho nitro benzene ring substituents is 1. The number of carbonyl (C=O) groups excluding carboxylic acids is 1. The molecule has 0 amide bonds. The second-order valence-electron chi connectivity index (χ2n) is 3.63. The number of esters is 1. The van der Waals surface area contributed by atoms with Gasteiger partial charge in [0.25, 0.3) is 5.69 Å². The molecule has 1 aromatic rings.